The summed E-state index contributed by atoms with van der Waals surface area (Å²) in [5.74, 6) is 0. The largest absolute Gasteiger partial charge is 0.244 e. The van der Waals surface area contributed by atoms with Gasteiger partial charge in [0.25, 0.3) is 0 Å². The SMILES string of the molecule is CCC(C)NS(=O)(=O)c1ccnc(Cl)c1. The third-order valence-electron chi connectivity index (χ3n) is 1.98. The molecule has 4 nitrogen and oxygen atoms in total. The van der Waals surface area contributed by atoms with E-state index in [1.165, 1.54) is 18.3 Å². The lowest BCUT2D eigenvalue weighted by Gasteiger charge is -2.11. The highest BCUT2D eigenvalue weighted by Crippen LogP contribution is 2.13. The van der Waals surface area contributed by atoms with Crippen molar-refractivity contribution in [2.24, 2.45) is 0 Å². The van der Waals surface area contributed by atoms with E-state index in [1.807, 2.05) is 6.92 Å². The fraction of sp³-hybridized carbons (Fsp3) is 0.444. The molecule has 0 saturated heterocycles. The molecule has 0 spiro atoms. The average molecular weight is 249 g/mol. The molecule has 84 valence electrons. The van der Waals surface area contributed by atoms with Crippen molar-refractivity contribution in [2.75, 3.05) is 0 Å². The predicted molar refractivity (Wildman–Crippen MR) is 59.3 cm³/mol. The van der Waals surface area contributed by atoms with Gasteiger partial charge in [-0.2, -0.15) is 0 Å². The van der Waals surface area contributed by atoms with Gasteiger partial charge in [-0.3, -0.25) is 0 Å². The highest BCUT2D eigenvalue weighted by molar-refractivity contribution is 7.89. The third kappa shape index (κ3) is 3.44. The summed E-state index contributed by atoms with van der Waals surface area (Å²) in [6.07, 6.45) is 2.10. The van der Waals surface area contributed by atoms with Crippen LogP contribution in [0.15, 0.2) is 23.2 Å². The lowest BCUT2D eigenvalue weighted by Crippen LogP contribution is -2.32. The van der Waals surface area contributed by atoms with Crippen LogP contribution in [0.2, 0.25) is 5.15 Å². The minimum Gasteiger partial charge on any atom is -0.244 e. The number of sulfonamides is 1. The molecule has 0 radical (unpaired) electrons. The summed E-state index contributed by atoms with van der Waals surface area (Å²) in [5, 5.41) is 0.169. The predicted octanol–water partition coefficient (Wildman–Crippen LogP) is 1.81. The molecule has 0 saturated carbocycles. The Bertz CT molecular complexity index is 433. The molecule has 1 aromatic heterocycles. The average Bonchev–Trinajstić information content (AvgIpc) is 2.17. The van der Waals surface area contributed by atoms with Crippen LogP contribution in [-0.2, 0) is 10.0 Å². The Kier molecular flexibility index (Phi) is 4.07. The van der Waals surface area contributed by atoms with E-state index in [-0.39, 0.29) is 16.1 Å². The van der Waals surface area contributed by atoms with Gasteiger partial charge in [-0.05, 0) is 25.5 Å². The Balaban J connectivity index is 2.96. The number of hydrogen-bond donors (Lipinski definition) is 1. The Labute approximate surface area is 94.7 Å². The maximum absolute atomic E-state index is 11.8. The summed E-state index contributed by atoms with van der Waals surface area (Å²) in [4.78, 5) is 3.87. The second-order valence-corrected chi connectivity index (χ2v) is 5.35. The van der Waals surface area contributed by atoms with Crippen LogP contribution in [0.3, 0.4) is 0 Å². The van der Waals surface area contributed by atoms with Crippen molar-refractivity contribution in [3.05, 3.63) is 23.5 Å². The molecule has 1 aromatic rings. The summed E-state index contributed by atoms with van der Waals surface area (Å²) in [7, 11) is -3.47. The summed E-state index contributed by atoms with van der Waals surface area (Å²) in [6.45, 7) is 3.72. The first-order valence-electron chi connectivity index (χ1n) is 4.59. The van der Waals surface area contributed by atoms with Gasteiger partial charge < -0.3 is 0 Å². The molecule has 1 heterocycles. The van der Waals surface area contributed by atoms with Gasteiger partial charge in [-0.15, -0.1) is 0 Å². The van der Waals surface area contributed by atoms with E-state index < -0.39 is 10.0 Å². The first-order valence-corrected chi connectivity index (χ1v) is 6.45. The van der Waals surface area contributed by atoms with E-state index in [2.05, 4.69) is 9.71 Å². The molecule has 0 bridgehead atoms. The normalized spacial score (nSPS) is 13.8. The first-order chi connectivity index (χ1) is 6.95. The van der Waals surface area contributed by atoms with Crippen LogP contribution < -0.4 is 4.72 Å². The summed E-state index contributed by atoms with van der Waals surface area (Å²) in [5.41, 5.74) is 0. The topological polar surface area (TPSA) is 59.1 Å². The van der Waals surface area contributed by atoms with E-state index in [9.17, 15) is 8.42 Å². The third-order valence-corrected chi connectivity index (χ3v) is 3.77. The number of nitrogens with one attached hydrogen (secondary N) is 1. The molecule has 15 heavy (non-hydrogen) atoms. The molecule has 1 unspecified atom stereocenters. The van der Waals surface area contributed by atoms with Gasteiger partial charge in [-0.1, -0.05) is 18.5 Å². The zero-order valence-electron chi connectivity index (χ0n) is 8.57. The van der Waals surface area contributed by atoms with Crippen LogP contribution in [0.5, 0.6) is 0 Å². The molecule has 0 aliphatic heterocycles. The van der Waals surface area contributed by atoms with Gasteiger partial charge in [0.15, 0.2) is 0 Å². The van der Waals surface area contributed by atoms with Crippen molar-refractivity contribution >= 4 is 21.6 Å². The maximum atomic E-state index is 11.8. The summed E-state index contributed by atoms with van der Waals surface area (Å²) in [6, 6.07) is 2.64. The van der Waals surface area contributed by atoms with Crippen molar-refractivity contribution in [1.82, 2.24) is 9.71 Å². The number of pyridine rings is 1. The Morgan fingerprint density at radius 3 is 2.80 bits per heavy atom. The van der Waals surface area contributed by atoms with Gasteiger partial charge in [0.1, 0.15) is 5.15 Å². The molecule has 0 aliphatic carbocycles. The van der Waals surface area contributed by atoms with Gasteiger partial charge in [-0.25, -0.2) is 18.1 Å². The monoisotopic (exact) mass is 248 g/mol. The molecule has 1 atom stereocenters. The molecule has 6 heteroatoms. The van der Waals surface area contributed by atoms with Crippen LogP contribution in [0.4, 0.5) is 0 Å². The second kappa shape index (κ2) is 4.92. The van der Waals surface area contributed by atoms with Gasteiger partial charge in [0.05, 0.1) is 4.90 Å². The standard InChI is InChI=1S/C9H13ClN2O2S/c1-3-7(2)12-15(13,14)8-4-5-11-9(10)6-8/h4-7,12H,3H2,1-2H3. The highest BCUT2D eigenvalue weighted by atomic mass is 35.5. The van der Waals surface area contributed by atoms with Crippen molar-refractivity contribution in [3.63, 3.8) is 0 Å². The molecule has 0 aliphatic rings. The van der Waals surface area contributed by atoms with E-state index in [0.29, 0.717) is 0 Å². The van der Waals surface area contributed by atoms with Crippen LogP contribution in [0.25, 0.3) is 0 Å². The Morgan fingerprint density at radius 1 is 1.60 bits per heavy atom. The quantitative estimate of drug-likeness (QED) is 0.827. The van der Waals surface area contributed by atoms with Crippen LogP contribution in [0, 0.1) is 0 Å². The number of nitrogens with zero attached hydrogens (tertiary/aromatic N) is 1. The van der Waals surface area contributed by atoms with E-state index >= 15 is 0 Å². The molecule has 0 fully saturated rings. The fourth-order valence-corrected chi connectivity index (χ4v) is 2.55. The van der Waals surface area contributed by atoms with Gasteiger partial charge in [0, 0.05) is 12.2 Å². The van der Waals surface area contributed by atoms with Crippen molar-refractivity contribution in [3.8, 4) is 0 Å². The van der Waals surface area contributed by atoms with Crippen LogP contribution >= 0.6 is 11.6 Å². The van der Waals surface area contributed by atoms with Crippen molar-refractivity contribution in [2.45, 2.75) is 31.2 Å². The molecule has 1 rings (SSSR count). The minimum absolute atomic E-state index is 0.0954. The number of hydrogen-bond acceptors (Lipinski definition) is 3. The van der Waals surface area contributed by atoms with Crippen LogP contribution in [-0.4, -0.2) is 19.4 Å². The van der Waals surface area contributed by atoms with Crippen molar-refractivity contribution < 1.29 is 8.42 Å². The number of aromatic nitrogens is 1. The Morgan fingerprint density at radius 2 is 2.27 bits per heavy atom. The lowest BCUT2D eigenvalue weighted by molar-refractivity contribution is 0.555. The van der Waals surface area contributed by atoms with Crippen LogP contribution in [0.1, 0.15) is 20.3 Å². The summed E-state index contributed by atoms with van der Waals surface area (Å²) < 4.78 is 26.0. The van der Waals surface area contributed by atoms with E-state index in [0.717, 1.165) is 6.42 Å². The zero-order chi connectivity index (χ0) is 11.5. The molecular formula is C9H13ClN2O2S. The molecular weight excluding hydrogens is 236 g/mol. The van der Waals surface area contributed by atoms with E-state index in [1.54, 1.807) is 6.92 Å². The lowest BCUT2D eigenvalue weighted by atomic mass is 10.3. The maximum Gasteiger partial charge on any atom is 0.240 e. The first kappa shape index (κ1) is 12.4. The van der Waals surface area contributed by atoms with Gasteiger partial charge in [0.2, 0.25) is 10.0 Å². The number of rotatable bonds is 4. The van der Waals surface area contributed by atoms with Gasteiger partial charge >= 0.3 is 0 Å². The second-order valence-electron chi connectivity index (χ2n) is 3.24. The smallest absolute Gasteiger partial charge is 0.240 e. The summed E-state index contributed by atoms with van der Waals surface area (Å²) >= 11 is 5.62. The molecule has 1 N–H and O–H groups in total. The highest BCUT2D eigenvalue weighted by Gasteiger charge is 2.16. The molecule has 0 aromatic carbocycles. The van der Waals surface area contributed by atoms with E-state index in [4.69, 9.17) is 11.6 Å². The van der Waals surface area contributed by atoms with Crippen molar-refractivity contribution in [1.29, 1.82) is 0 Å². The number of halogens is 1. The Hall–Kier alpha value is -0.650. The molecule has 0 amide bonds. The zero-order valence-corrected chi connectivity index (χ0v) is 10.1. The minimum atomic E-state index is -3.47. The fourth-order valence-electron chi connectivity index (χ4n) is 0.968.